The number of hydrogen-bond donors (Lipinski definition) is 0. The first-order valence-corrected chi connectivity index (χ1v) is 19.8. The fourth-order valence-corrected chi connectivity index (χ4v) is 13.9. The van der Waals surface area contributed by atoms with E-state index >= 15 is 17.6 Å². The van der Waals surface area contributed by atoms with Crippen LogP contribution in [-0.2, 0) is 10.8 Å². The van der Waals surface area contributed by atoms with Gasteiger partial charge in [-0.15, -0.1) is 0 Å². The van der Waals surface area contributed by atoms with Crippen molar-refractivity contribution in [2.45, 2.75) is 128 Å². The van der Waals surface area contributed by atoms with E-state index in [1.807, 2.05) is 0 Å². The lowest BCUT2D eigenvalue weighted by atomic mass is 9.86. The molecule has 0 atom stereocenters. The van der Waals surface area contributed by atoms with Crippen LogP contribution in [0.3, 0.4) is 0 Å². The van der Waals surface area contributed by atoms with Crippen LogP contribution in [0, 0.1) is 23.3 Å². The zero-order valence-electron chi connectivity index (χ0n) is 26.4. The van der Waals surface area contributed by atoms with E-state index in [1.54, 1.807) is 41.5 Å². The van der Waals surface area contributed by atoms with Crippen molar-refractivity contribution in [2.24, 2.45) is 0 Å². The summed E-state index contributed by atoms with van der Waals surface area (Å²) in [6.07, 6.45) is 11.7. The number of ether oxygens (including phenoxy) is 2. The quantitative estimate of drug-likeness (QED) is 0.152. The smallest absolute Gasteiger partial charge is 0.148 e. The van der Waals surface area contributed by atoms with Crippen LogP contribution in [0.1, 0.15) is 117 Å². The minimum atomic E-state index is -2.55. The van der Waals surface area contributed by atoms with Gasteiger partial charge < -0.3 is 9.47 Å². The molecule has 4 rings (SSSR count). The molecule has 2 aromatic rings. The Morgan fingerprint density at radius 1 is 0.628 bits per heavy atom. The predicted molar refractivity (Wildman–Crippen MR) is 176 cm³/mol. The van der Waals surface area contributed by atoms with E-state index in [-0.39, 0.29) is 31.6 Å². The van der Waals surface area contributed by atoms with Gasteiger partial charge in [0.1, 0.15) is 42.8 Å². The monoisotopic (exact) mass is 748 g/mol. The maximum Gasteiger partial charge on any atom is 0.148 e. The molecule has 0 spiro atoms. The third kappa shape index (κ3) is 7.51. The van der Waals surface area contributed by atoms with Gasteiger partial charge in [-0.25, -0.2) is 17.6 Å². The van der Waals surface area contributed by atoms with Crippen molar-refractivity contribution in [1.82, 2.24) is 0 Å². The third-order valence-corrected chi connectivity index (χ3v) is 16.8. The standard InChI is InChI=1S/C34H46Br2F4O2Si/c1-33(2,3)27-23(37)17-25(29(35)31(27)39)41-19-43(21-13-9-7-10-14-21,22-15-11-8-12-16-22)20-42-26-18-24(38)28(34(4,5)6)32(40)30(26)36/h17-18,21-22H,7-16,19-20H2,1-6H3. The Labute approximate surface area is 273 Å². The molecule has 0 aliphatic heterocycles. The van der Waals surface area contributed by atoms with Crippen LogP contribution < -0.4 is 9.47 Å². The molecule has 0 radical (unpaired) electrons. The van der Waals surface area contributed by atoms with Crippen molar-refractivity contribution >= 4 is 39.9 Å². The Morgan fingerprint density at radius 3 is 1.26 bits per heavy atom. The summed E-state index contributed by atoms with van der Waals surface area (Å²) in [5, 5.41) is 0. The van der Waals surface area contributed by atoms with Crippen molar-refractivity contribution in [2.75, 3.05) is 12.5 Å². The predicted octanol–water partition coefficient (Wildman–Crippen LogP) is 12.0. The fraction of sp³-hybridized carbons (Fsp3) is 0.647. The Bertz CT molecular complexity index is 1190. The molecule has 43 heavy (non-hydrogen) atoms. The molecule has 9 heteroatoms. The van der Waals surface area contributed by atoms with Crippen molar-refractivity contribution in [1.29, 1.82) is 0 Å². The molecule has 0 amide bonds. The van der Waals surface area contributed by atoms with E-state index in [0.29, 0.717) is 23.5 Å². The van der Waals surface area contributed by atoms with E-state index in [4.69, 9.17) is 9.47 Å². The van der Waals surface area contributed by atoms with Crippen molar-refractivity contribution in [3.8, 4) is 11.5 Å². The second-order valence-electron chi connectivity index (χ2n) is 14.7. The van der Waals surface area contributed by atoms with Crippen LogP contribution in [0.25, 0.3) is 0 Å². The highest BCUT2D eigenvalue weighted by Gasteiger charge is 2.50. The van der Waals surface area contributed by atoms with Crippen molar-refractivity contribution < 1.29 is 27.0 Å². The molecule has 2 nitrogen and oxygen atoms in total. The van der Waals surface area contributed by atoms with Gasteiger partial charge in [0.25, 0.3) is 0 Å². The molecular weight excluding hydrogens is 704 g/mol. The molecule has 0 N–H and O–H groups in total. The average molecular weight is 751 g/mol. The summed E-state index contributed by atoms with van der Waals surface area (Å²) < 4.78 is 74.8. The number of benzene rings is 2. The van der Waals surface area contributed by atoms with Gasteiger partial charge in [0.15, 0.2) is 0 Å². The highest BCUT2D eigenvalue weighted by atomic mass is 79.9. The van der Waals surface area contributed by atoms with E-state index < -0.39 is 42.2 Å². The minimum Gasteiger partial charge on any atom is -0.496 e. The molecule has 240 valence electrons. The Morgan fingerprint density at radius 2 is 0.953 bits per heavy atom. The van der Waals surface area contributed by atoms with Crippen LogP contribution in [-0.4, -0.2) is 20.5 Å². The molecular formula is C34H46Br2F4O2Si. The normalized spacial score (nSPS) is 17.8. The molecule has 2 aliphatic rings. The van der Waals surface area contributed by atoms with Gasteiger partial charge in [0.05, 0.1) is 21.4 Å². The zero-order valence-corrected chi connectivity index (χ0v) is 30.6. The Hall–Kier alpha value is -1.06. The van der Waals surface area contributed by atoms with Gasteiger partial charge in [-0.1, -0.05) is 106 Å². The average Bonchev–Trinajstić information content (AvgIpc) is 2.93. The zero-order chi connectivity index (χ0) is 31.7. The van der Waals surface area contributed by atoms with Crippen LogP contribution >= 0.6 is 31.9 Å². The van der Waals surface area contributed by atoms with Crippen molar-refractivity contribution in [3.63, 3.8) is 0 Å². The maximum atomic E-state index is 15.5. The lowest BCUT2D eigenvalue weighted by molar-refractivity contribution is 0.307. The summed E-state index contributed by atoms with van der Waals surface area (Å²) in [4.78, 5) is 0. The molecule has 0 bridgehead atoms. The summed E-state index contributed by atoms with van der Waals surface area (Å²) in [7, 11) is -2.55. The van der Waals surface area contributed by atoms with Crippen molar-refractivity contribution in [3.05, 3.63) is 55.5 Å². The van der Waals surface area contributed by atoms with E-state index in [1.165, 1.54) is 25.0 Å². The summed E-state index contributed by atoms with van der Waals surface area (Å²) in [6, 6.07) is 2.59. The van der Waals surface area contributed by atoms with Gasteiger partial charge in [-0.3, -0.25) is 0 Å². The summed E-state index contributed by atoms with van der Waals surface area (Å²) in [5.74, 6) is -2.24. The second-order valence-corrected chi connectivity index (χ2v) is 21.0. The van der Waals surface area contributed by atoms with E-state index in [0.717, 1.165) is 51.4 Å². The molecule has 2 fully saturated rings. The topological polar surface area (TPSA) is 18.5 Å². The minimum absolute atomic E-state index is 0.0192. The van der Waals surface area contributed by atoms with Gasteiger partial charge in [0.2, 0.25) is 0 Å². The molecule has 2 saturated carbocycles. The van der Waals surface area contributed by atoms with E-state index in [2.05, 4.69) is 31.9 Å². The van der Waals surface area contributed by atoms with Crippen LogP contribution in [0.15, 0.2) is 21.1 Å². The molecule has 0 aromatic heterocycles. The summed E-state index contributed by atoms with van der Waals surface area (Å²) in [5.41, 5.74) is -0.627. The van der Waals surface area contributed by atoms with Gasteiger partial charge in [0, 0.05) is 23.3 Å². The first-order valence-electron chi connectivity index (χ1n) is 15.7. The Balaban J connectivity index is 1.74. The summed E-state index contributed by atoms with van der Waals surface area (Å²) in [6.45, 7) is 10.7. The molecule has 0 unspecified atom stereocenters. The number of rotatable bonds is 8. The lowest BCUT2D eigenvalue weighted by Crippen LogP contribution is -2.56. The van der Waals surface area contributed by atoms with Crippen LogP contribution in [0.2, 0.25) is 11.1 Å². The highest BCUT2D eigenvalue weighted by Crippen LogP contribution is 2.50. The first-order chi connectivity index (χ1) is 20.1. The van der Waals surface area contributed by atoms with E-state index in [9.17, 15) is 0 Å². The number of hydrogen-bond acceptors (Lipinski definition) is 2. The number of halogens is 6. The maximum absolute atomic E-state index is 15.5. The van der Waals surface area contributed by atoms with Gasteiger partial charge in [-0.05, 0) is 53.8 Å². The van der Waals surface area contributed by atoms with Crippen LogP contribution in [0.4, 0.5) is 17.6 Å². The fourth-order valence-electron chi connectivity index (χ4n) is 7.36. The third-order valence-electron chi connectivity index (χ3n) is 9.58. The largest absolute Gasteiger partial charge is 0.496 e. The summed E-state index contributed by atoms with van der Waals surface area (Å²) >= 11 is 6.74. The molecule has 0 heterocycles. The highest BCUT2D eigenvalue weighted by molar-refractivity contribution is 9.11. The van der Waals surface area contributed by atoms with Crippen LogP contribution in [0.5, 0.6) is 11.5 Å². The molecule has 2 aliphatic carbocycles. The second kappa shape index (κ2) is 13.7. The molecule has 0 saturated heterocycles. The Kier molecular flexibility index (Phi) is 11.1. The van der Waals surface area contributed by atoms with Gasteiger partial charge in [-0.2, -0.15) is 0 Å². The lowest BCUT2D eigenvalue weighted by Gasteiger charge is -2.46. The first kappa shape index (κ1) is 34.8. The SMILES string of the molecule is CC(C)(C)c1c(F)cc(OC[Si](COc2cc(F)c(C(C)(C)C)c(F)c2Br)(C2CCCCC2)C2CCCCC2)c(Br)c1F. The molecule has 2 aromatic carbocycles. The van der Waals surface area contributed by atoms with Gasteiger partial charge >= 0.3 is 0 Å².